The summed E-state index contributed by atoms with van der Waals surface area (Å²) in [5, 5.41) is 10.2. The van der Waals surface area contributed by atoms with Crippen LogP contribution in [0.25, 0.3) is 0 Å². The molecule has 0 aromatic heterocycles. The number of nitrogens with zero attached hydrogens (tertiary/aromatic N) is 3. The molecule has 0 bridgehead atoms. The molecular formula is C15H28N8O4. The van der Waals surface area contributed by atoms with Crippen LogP contribution >= 0.6 is 0 Å². The van der Waals surface area contributed by atoms with Crippen LogP contribution in [0, 0.1) is 0 Å². The lowest BCUT2D eigenvalue weighted by Gasteiger charge is -2.20. The van der Waals surface area contributed by atoms with Gasteiger partial charge < -0.3 is 20.2 Å². The van der Waals surface area contributed by atoms with E-state index in [1.807, 2.05) is 27.0 Å². The Kier molecular flexibility index (Phi) is 7.07. The smallest absolute Gasteiger partial charge is 0.407 e. The number of amides is 1. The standard InChI is InChI=1S/C15H28N8O4/c1-5-26-13(24)8-12-18-19-21-23(12)10-11-9-22(20-17-11)7-6-16-14(25)27-15(2,3)4/h9,17,19-21H,5-8,10H2,1-4H3,(H,16,25). The number of esters is 1. The summed E-state index contributed by atoms with van der Waals surface area (Å²) in [6, 6.07) is 0. The van der Waals surface area contributed by atoms with E-state index in [2.05, 4.69) is 32.4 Å². The molecule has 0 saturated heterocycles. The lowest BCUT2D eigenvalue weighted by Crippen LogP contribution is -2.45. The predicted molar refractivity (Wildman–Crippen MR) is 97.0 cm³/mol. The van der Waals surface area contributed by atoms with Gasteiger partial charge in [-0.25, -0.2) is 10.3 Å². The molecular weight excluding hydrogens is 356 g/mol. The number of amidine groups is 1. The Morgan fingerprint density at radius 3 is 2.78 bits per heavy atom. The number of ether oxygens (including phenoxy) is 2. The second kappa shape index (κ2) is 9.28. The highest BCUT2D eigenvalue weighted by Gasteiger charge is 2.23. The summed E-state index contributed by atoms with van der Waals surface area (Å²) in [5.41, 5.74) is 11.8. The molecule has 0 radical (unpaired) electrons. The lowest BCUT2D eigenvalue weighted by molar-refractivity contribution is -0.141. The Labute approximate surface area is 158 Å². The molecule has 2 aliphatic rings. The topological polar surface area (TPSA) is 132 Å². The largest absolute Gasteiger partial charge is 0.466 e. The molecule has 0 fully saturated rings. The highest BCUT2D eigenvalue weighted by atomic mass is 16.6. The number of rotatable bonds is 8. The van der Waals surface area contributed by atoms with Crippen molar-refractivity contribution < 1.29 is 19.1 Å². The number of hydrazine groups is 4. The van der Waals surface area contributed by atoms with Gasteiger partial charge in [-0.15, -0.1) is 16.2 Å². The maximum atomic E-state index is 11.6. The Bertz CT molecular complexity index is 601. The third-order valence-corrected chi connectivity index (χ3v) is 3.31. The fraction of sp³-hybridized carbons (Fsp3) is 0.667. The van der Waals surface area contributed by atoms with E-state index in [9.17, 15) is 9.59 Å². The number of alkyl carbamates (subject to hydrolysis) is 1. The van der Waals surface area contributed by atoms with Crippen LogP contribution in [-0.2, 0) is 14.3 Å². The normalized spacial score (nSPS) is 16.3. The first kappa shape index (κ1) is 20.6. The quantitative estimate of drug-likeness (QED) is 0.341. The maximum Gasteiger partial charge on any atom is 0.407 e. The van der Waals surface area contributed by atoms with Crippen LogP contribution in [0.1, 0.15) is 34.1 Å². The average molecular weight is 384 g/mol. The molecule has 2 rings (SSSR count). The molecule has 12 heteroatoms. The Morgan fingerprint density at radius 2 is 2.07 bits per heavy atom. The Morgan fingerprint density at radius 1 is 1.30 bits per heavy atom. The van der Waals surface area contributed by atoms with Crippen molar-refractivity contribution in [2.45, 2.75) is 39.7 Å². The predicted octanol–water partition coefficient (Wildman–Crippen LogP) is -0.731. The van der Waals surface area contributed by atoms with Crippen molar-refractivity contribution in [1.82, 2.24) is 37.4 Å². The highest BCUT2D eigenvalue weighted by molar-refractivity contribution is 5.97. The van der Waals surface area contributed by atoms with Crippen LogP contribution in [-0.4, -0.2) is 59.8 Å². The van der Waals surface area contributed by atoms with E-state index in [1.54, 1.807) is 16.9 Å². The van der Waals surface area contributed by atoms with E-state index in [0.717, 1.165) is 5.70 Å². The lowest BCUT2D eigenvalue weighted by atomic mass is 10.2. The molecule has 12 nitrogen and oxygen atoms in total. The molecule has 5 N–H and O–H groups in total. The van der Waals surface area contributed by atoms with Gasteiger partial charge in [-0.05, 0) is 27.7 Å². The molecule has 2 aliphatic heterocycles. The van der Waals surface area contributed by atoms with Gasteiger partial charge in [-0.2, -0.15) is 0 Å². The summed E-state index contributed by atoms with van der Waals surface area (Å²) in [7, 11) is 0. The van der Waals surface area contributed by atoms with E-state index in [1.165, 1.54) is 0 Å². The number of hydrogen-bond acceptors (Lipinski definition) is 11. The SMILES string of the molecule is CCOC(=O)CC1=NNNN1CC1=CN(CCNC(=O)OC(C)(C)C)NN1. The van der Waals surface area contributed by atoms with E-state index >= 15 is 0 Å². The van der Waals surface area contributed by atoms with Gasteiger partial charge in [0.15, 0.2) is 5.84 Å². The summed E-state index contributed by atoms with van der Waals surface area (Å²) in [4.78, 5) is 23.2. The molecule has 1 amide bonds. The zero-order valence-electron chi connectivity index (χ0n) is 16.1. The monoisotopic (exact) mass is 384 g/mol. The molecule has 0 aromatic rings. The van der Waals surface area contributed by atoms with Crippen LogP contribution in [0.4, 0.5) is 4.79 Å². The van der Waals surface area contributed by atoms with Crippen molar-refractivity contribution in [2.75, 3.05) is 26.2 Å². The van der Waals surface area contributed by atoms with E-state index < -0.39 is 11.7 Å². The maximum absolute atomic E-state index is 11.6. The van der Waals surface area contributed by atoms with Crippen molar-refractivity contribution in [3.8, 4) is 0 Å². The first-order chi connectivity index (χ1) is 12.8. The van der Waals surface area contributed by atoms with Gasteiger partial charge in [0.1, 0.15) is 12.0 Å². The van der Waals surface area contributed by atoms with Crippen LogP contribution in [0.5, 0.6) is 0 Å². The fourth-order valence-corrected chi connectivity index (χ4v) is 2.24. The second-order valence-corrected chi connectivity index (χ2v) is 6.83. The van der Waals surface area contributed by atoms with E-state index in [0.29, 0.717) is 32.1 Å². The van der Waals surface area contributed by atoms with Gasteiger partial charge in [0.05, 0.1) is 25.4 Å². The number of hydrogen-bond donors (Lipinski definition) is 5. The molecule has 0 aromatic carbocycles. The third-order valence-electron chi connectivity index (χ3n) is 3.31. The molecule has 0 saturated carbocycles. The van der Waals surface area contributed by atoms with E-state index in [4.69, 9.17) is 9.47 Å². The van der Waals surface area contributed by atoms with Crippen molar-refractivity contribution in [3.05, 3.63) is 11.9 Å². The van der Waals surface area contributed by atoms with Gasteiger partial charge in [0.25, 0.3) is 0 Å². The third kappa shape index (κ3) is 7.19. The van der Waals surface area contributed by atoms with Gasteiger partial charge in [-0.3, -0.25) is 14.8 Å². The molecule has 0 atom stereocenters. The minimum atomic E-state index is -0.524. The highest BCUT2D eigenvalue weighted by Crippen LogP contribution is 2.07. The van der Waals surface area contributed by atoms with Crippen molar-refractivity contribution in [1.29, 1.82) is 0 Å². The summed E-state index contributed by atoms with van der Waals surface area (Å²) in [6.45, 7) is 8.91. The number of hydrazone groups is 1. The van der Waals surface area contributed by atoms with Crippen LogP contribution in [0.15, 0.2) is 17.0 Å². The number of nitrogens with one attached hydrogen (secondary N) is 5. The number of carbonyl (C=O) groups excluding carboxylic acids is 2. The second-order valence-electron chi connectivity index (χ2n) is 6.83. The zero-order valence-corrected chi connectivity index (χ0v) is 16.1. The number of carbonyl (C=O) groups is 2. The zero-order chi connectivity index (χ0) is 19.9. The van der Waals surface area contributed by atoms with Crippen molar-refractivity contribution >= 4 is 17.9 Å². The van der Waals surface area contributed by atoms with Gasteiger partial charge in [0.2, 0.25) is 0 Å². The van der Waals surface area contributed by atoms with Crippen LogP contribution in [0.3, 0.4) is 0 Å². The van der Waals surface area contributed by atoms with Crippen molar-refractivity contribution in [3.63, 3.8) is 0 Å². The fourth-order valence-electron chi connectivity index (χ4n) is 2.24. The molecule has 2 heterocycles. The summed E-state index contributed by atoms with van der Waals surface area (Å²) in [5.74, 6) is 0.189. The Balaban J connectivity index is 1.73. The first-order valence-electron chi connectivity index (χ1n) is 8.73. The van der Waals surface area contributed by atoms with Crippen molar-refractivity contribution in [2.24, 2.45) is 5.10 Å². The van der Waals surface area contributed by atoms with Gasteiger partial charge in [-0.1, -0.05) is 0 Å². The van der Waals surface area contributed by atoms with Crippen LogP contribution in [0.2, 0.25) is 0 Å². The van der Waals surface area contributed by atoms with Gasteiger partial charge >= 0.3 is 12.1 Å². The molecule has 0 unspecified atom stereocenters. The molecule has 152 valence electrons. The van der Waals surface area contributed by atoms with Crippen LogP contribution < -0.4 is 27.3 Å². The molecule has 0 spiro atoms. The molecule has 0 aliphatic carbocycles. The Hall–Kier alpha value is -2.73. The average Bonchev–Trinajstić information content (AvgIpc) is 3.16. The summed E-state index contributed by atoms with van der Waals surface area (Å²) in [6.07, 6.45) is 1.47. The first-order valence-corrected chi connectivity index (χ1v) is 8.73. The minimum absolute atomic E-state index is 0.0675. The summed E-state index contributed by atoms with van der Waals surface area (Å²) < 4.78 is 10.1. The van der Waals surface area contributed by atoms with Gasteiger partial charge in [0, 0.05) is 12.7 Å². The van der Waals surface area contributed by atoms with E-state index in [-0.39, 0.29) is 12.4 Å². The minimum Gasteiger partial charge on any atom is -0.466 e. The summed E-state index contributed by atoms with van der Waals surface area (Å²) >= 11 is 0. The molecule has 27 heavy (non-hydrogen) atoms.